The summed E-state index contributed by atoms with van der Waals surface area (Å²) < 4.78 is 11.1. The minimum Gasteiger partial charge on any atom is -0.463 e. The first-order valence-corrected chi connectivity index (χ1v) is 8.82. The van der Waals surface area contributed by atoms with Crippen LogP contribution in [0.2, 0.25) is 0 Å². The third-order valence-corrected chi connectivity index (χ3v) is 4.69. The summed E-state index contributed by atoms with van der Waals surface area (Å²) in [6, 6.07) is 6.65. The van der Waals surface area contributed by atoms with E-state index in [-0.39, 0.29) is 11.7 Å². The van der Waals surface area contributed by atoms with Gasteiger partial charge < -0.3 is 19.5 Å². The molecule has 0 radical (unpaired) electrons. The lowest BCUT2D eigenvalue weighted by Crippen LogP contribution is -2.34. The molecule has 2 N–H and O–H groups in total. The van der Waals surface area contributed by atoms with Gasteiger partial charge in [0.2, 0.25) is 0 Å². The zero-order valence-electron chi connectivity index (χ0n) is 14.4. The fourth-order valence-corrected chi connectivity index (χ4v) is 3.23. The molecule has 0 aliphatic heterocycles. The highest BCUT2D eigenvalue weighted by Gasteiger charge is 2.21. The Kier molecular flexibility index (Phi) is 5.71. The Bertz CT molecular complexity index is 751. The fraction of sp³-hybridized carbons (Fsp3) is 0.474. The first-order chi connectivity index (χ1) is 12.1. The maximum Gasteiger partial charge on any atom is 0.261 e. The number of aromatic nitrogens is 1. The minimum atomic E-state index is -0.437. The van der Waals surface area contributed by atoms with Crippen molar-refractivity contribution in [1.82, 2.24) is 10.3 Å². The predicted molar refractivity (Wildman–Crippen MR) is 94.5 cm³/mol. The van der Waals surface area contributed by atoms with E-state index in [0.717, 1.165) is 6.42 Å². The quantitative estimate of drug-likeness (QED) is 0.789. The van der Waals surface area contributed by atoms with Crippen LogP contribution < -0.4 is 10.9 Å². The van der Waals surface area contributed by atoms with Crippen LogP contribution in [0.1, 0.15) is 43.0 Å². The van der Waals surface area contributed by atoms with Gasteiger partial charge in [0.15, 0.2) is 0 Å². The summed E-state index contributed by atoms with van der Waals surface area (Å²) >= 11 is 0. The van der Waals surface area contributed by atoms with Crippen LogP contribution in [0.5, 0.6) is 0 Å². The molecule has 0 aromatic carbocycles. The third kappa shape index (κ3) is 4.39. The monoisotopic (exact) mass is 344 g/mol. The molecule has 2 aromatic heterocycles. The second kappa shape index (κ2) is 8.16. The average Bonchev–Trinajstić information content (AvgIpc) is 3.14. The molecule has 6 heteroatoms. The normalized spacial score (nSPS) is 20.4. The lowest BCUT2D eigenvalue weighted by atomic mass is 9.88. The number of ether oxygens (including phenoxy) is 1. The number of amides is 1. The van der Waals surface area contributed by atoms with Crippen molar-refractivity contribution in [3.05, 3.63) is 46.4 Å². The van der Waals surface area contributed by atoms with Crippen LogP contribution >= 0.6 is 0 Å². The molecule has 25 heavy (non-hydrogen) atoms. The Balaban J connectivity index is 1.50. The van der Waals surface area contributed by atoms with Crippen LogP contribution in [-0.4, -0.2) is 30.1 Å². The molecule has 3 rings (SSSR count). The van der Waals surface area contributed by atoms with Gasteiger partial charge in [0.05, 0.1) is 24.7 Å². The van der Waals surface area contributed by atoms with Crippen molar-refractivity contribution in [2.45, 2.75) is 38.7 Å². The Morgan fingerprint density at radius 2 is 2.16 bits per heavy atom. The summed E-state index contributed by atoms with van der Waals surface area (Å²) in [4.78, 5) is 26.9. The molecule has 1 aliphatic carbocycles. The molecule has 2 aromatic rings. The van der Waals surface area contributed by atoms with Gasteiger partial charge in [-0.05, 0) is 43.0 Å². The second-order valence-electron chi connectivity index (χ2n) is 6.52. The van der Waals surface area contributed by atoms with Gasteiger partial charge in [0, 0.05) is 6.54 Å². The first-order valence-electron chi connectivity index (χ1n) is 8.82. The number of carbonyl (C=O) groups excluding carboxylic acids is 1. The van der Waals surface area contributed by atoms with Gasteiger partial charge in [-0.3, -0.25) is 9.59 Å². The molecule has 1 fully saturated rings. The van der Waals surface area contributed by atoms with Gasteiger partial charge in [-0.15, -0.1) is 0 Å². The van der Waals surface area contributed by atoms with Gasteiger partial charge in [-0.2, -0.15) is 0 Å². The molecule has 6 nitrogen and oxygen atoms in total. The lowest BCUT2D eigenvalue weighted by Gasteiger charge is -2.28. The average molecular weight is 344 g/mol. The van der Waals surface area contributed by atoms with E-state index in [4.69, 9.17) is 9.15 Å². The summed E-state index contributed by atoms with van der Waals surface area (Å²) in [5.74, 6) is 0.730. The lowest BCUT2D eigenvalue weighted by molar-refractivity contribution is -0.00294. The van der Waals surface area contributed by atoms with E-state index in [1.54, 1.807) is 18.2 Å². The molecule has 134 valence electrons. The van der Waals surface area contributed by atoms with Crippen molar-refractivity contribution in [2.24, 2.45) is 5.92 Å². The zero-order valence-corrected chi connectivity index (χ0v) is 14.4. The van der Waals surface area contributed by atoms with Crippen molar-refractivity contribution >= 4 is 5.91 Å². The van der Waals surface area contributed by atoms with Gasteiger partial charge in [0.1, 0.15) is 11.3 Å². The molecule has 2 heterocycles. The molecular formula is C19H24N2O4. The third-order valence-electron chi connectivity index (χ3n) is 4.69. The standard InChI is InChI=1S/C19H24N2O4/c1-13-5-2-3-6-16(13)25-12-10-20-18(22)14-8-9-15(21-19(14)23)17-7-4-11-24-17/h4,7-9,11,13,16H,2-3,5-6,10,12H2,1H3,(H,20,22)(H,21,23)/t13-,16+/m0/s1. The number of hydrogen-bond acceptors (Lipinski definition) is 4. The van der Waals surface area contributed by atoms with E-state index in [2.05, 4.69) is 17.2 Å². The maximum absolute atomic E-state index is 12.2. The van der Waals surface area contributed by atoms with Gasteiger partial charge in [0.25, 0.3) is 11.5 Å². The second-order valence-corrected chi connectivity index (χ2v) is 6.52. The number of furan rings is 1. The van der Waals surface area contributed by atoms with Crippen molar-refractivity contribution in [3.8, 4) is 11.5 Å². The van der Waals surface area contributed by atoms with Gasteiger partial charge >= 0.3 is 0 Å². The van der Waals surface area contributed by atoms with Crippen LogP contribution in [0, 0.1) is 5.92 Å². The molecule has 2 atom stereocenters. The SMILES string of the molecule is C[C@H]1CCCC[C@H]1OCCNC(=O)c1ccc(-c2ccco2)[nH]c1=O. The number of hydrogen-bond donors (Lipinski definition) is 2. The highest BCUT2D eigenvalue weighted by molar-refractivity contribution is 5.94. The molecule has 1 saturated carbocycles. The van der Waals surface area contributed by atoms with E-state index in [9.17, 15) is 9.59 Å². The maximum atomic E-state index is 12.2. The van der Waals surface area contributed by atoms with Crippen LogP contribution in [-0.2, 0) is 4.74 Å². The summed E-state index contributed by atoms with van der Waals surface area (Å²) in [6.45, 7) is 3.06. The summed E-state index contributed by atoms with van der Waals surface area (Å²) in [5, 5.41) is 2.74. The molecule has 0 unspecified atom stereocenters. The Hall–Kier alpha value is -2.34. The van der Waals surface area contributed by atoms with Crippen molar-refractivity contribution in [1.29, 1.82) is 0 Å². The molecule has 0 bridgehead atoms. The number of pyridine rings is 1. The molecule has 1 amide bonds. The van der Waals surface area contributed by atoms with E-state index in [1.165, 1.54) is 31.6 Å². The van der Waals surface area contributed by atoms with Crippen LogP contribution in [0.15, 0.2) is 39.7 Å². The summed E-state index contributed by atoms with van der Waals surface area (Å²) in [7, 11) is 0. The number of aromatic amines is 1. The number of carbonyl (C=O) groups is 1. The summed E-state index contributed by atoms with van der Waals surface area (Å²) in [5.41, 5.74) is 0.190. The smallest absolute Gasteiger partial charge is 0.261 e. The highest BCUT2D eigenvalue weighted by Crippen LogP contribution is 2.26. The van der Waals surface area contributed by atoms with E-state index in [1.807, 2.05) is 0 Å². The summed E-state index contributed by atoms with van der Waals surface area (Å²) in [6.07, 6.45) is 6.58. The van der Waals surface area contributed by atoms with Crippen LogP contribution in [0.25, 0.3) is 11.5 Å². The van der Waals surface area contributed by atoms with Gasteiger partial charge in [-0.1, -0.05) is 19.8 Å². The number of H-pyrrole nitrogens is 1. The molecule has 1 aliphatic rings. The van der Waals surface area contributed by atoms with E-state index >= 15 is 0 Å². The number of rotatable bonds is 6. The first kappa shape index (κ1) is 17.5. The van der Waals surface area contributed by atoms with E-state index in [0.29, 0.717) is 30.5 Å². The molecule has 0 saturated heterocycles. The Morgan fingerprint density at radius 3 is 2.88 bits per heavy atom. The predicted octanol–water partition coefficient (Wildman–Crippen LogP) is 2.96. The largest absolute Gasteiger partial charge is 0.463 e. The number of nitrogens with one attached hydrogen (secondary N) is 2. The molecular weight excluding hydrogens is 320 g/mol. The zero-order chi connectivity index (χ0) is 17.6. The fourth-order valence-electron chi connectivity index (χ4n) is 3.23. The van der Waals surface area contributed by atoms with Crippen LogP contribution in [0.4, 0.5) is 0 Å². The van der Waals surface area contributed by atoms with Crippen molar-refractivity contribution in [2.75, 3.05) is 13.2 Å². The van der Waals surface area contributed by atoms with E-state index < -0.39 is 11.5 Å². The topological polar surface area (TPSA) is 84.3 Å². The minimum absolute atomic E-state index is 0.0846. The molecule has 0 spiro atoms. The van der Waals surface area contributed by atoms with Crippen molar-refractivity contribution in [3.63, 3.8) is 0 Å². The highest BCUT2D eigenvalue weighted by atomic mass is 16.5. The Labute approximate surface area is 146 Å². The van der Waals surface area contributed by atoms with Crippen molar-refractivity contribution < 1.29 is 13.9 Å². The van der Waals surface area contributed by atoms with Gasteiger partial charge in [-0.25, -0.2) is 0 Å². The van der Waals surface area contributed by atoms with Crippen LogP contribution in [0.3, 0.4) is 0 Å². The Morgan fingerprint density at radius 1 is 1.32 bits per heavy atom.